The lowest BCUT2D eigenvalue weighted by Crippen LogP contribution is -1.96. The van der Waals surface area contributed by atoms with Crippen molar-refractivity contribution < 1.29 is 4.74 Å². The molecule has 0 atom stereocenters. The highest BCUT2D eigenvalue weighted by molar-refractivity contribution is 5.29. The molecule has 0 bridgehead atoms. The van der Waals surface area contributed by atoms with Crippen LogP contribution in [-0.4, -0.2) is 0 Å². The van der Waals surface area contributed by atoms with Crippen LogP contribution in [0.3, 0.4) is 0 Å². The minimum atomic E-state index is 0.605. The van der Waals surface area contributed by atoms with Crippen LogP contribution >= 0.6 is 0 Å². The highest BCUT2D eigenvalue weighted by atomic mass is 16.5. The molecule has 0 spiro atoms. The molecule has 0 heterocycles. The molecule has 3 aromatic carbocycles. The summed E-state index contributed by atoms with van der Waals surface area (Å²) in [5.74, 6) is 0.932. The molecule has 0 unspecified atom stereocenters. The van der Waals surface area contributed by atoms with E-state index in [1.807, 2.05) is 12.2 Å². The van der Waals surface area contributed by atoms with Gasteiger partial charge in [0.25, 0.3) is 0 Å². The molecule has 0 amide bonds. The average molecular weight is 425 g/mol. The van der Waals surface area contributed by atoms with Crippen LogP contribution in [0.25, 0.3) is 0 Å². The van der Waals surface area contributed by atoms with Crippen molar-refractivity contribution in [1.29, 1.82) is 0 Å². The van der Waals surface area contributed by atoms with Gasteiger partial charge in [-0.1, -0.05) is 72.8 Å². The van der Waals surface area contributed by atoms with Gasteiger partial charge < -0.3 is 4.74 Å². The smallest absolute Gasteiger partial charge is 0.119 e. The van der Waals surface area contributed by atoms with Crippen LogP contribution in [0, 0.1) is 0 Å². The van der Waals surface area contributed by atoms with Crippen molar-refractivity contribution in [2.75, 3.05) is 0 Å². The van der Waals surface area contributed by atoms with Gasteiger partial charge in [-0.05, 0) is 91.3 Å². The van der Waals surface area contributed by atoms with E-state index in [1.165, 1.54) is 40.7 Å². The fourth-order valence-corrected chi connectivity index (χ4v) is 3.79. The van der Waals surface area contributed by atoms with Gasteiger partial charge in [0.1, 0.15) is 12.4 Å². The lowest BCUT2D eigenvalue weighted by atomic mass is 10.0. The summed E-state index contributed by atoms with van der Waals surface area (Å²) in [6.07, 6.45) is 12.8. The lowest BCUT2D eigenvalue weighted by Gasteiger charge is -2.08. The first-order valence-electron chi connectivity index (χ1n) is 11.9. The maximum Gasteiger partial charge on any atom is 0.119 e. The summed E-state index contributed by atoms with van der Waals surface area (Å²) >= 11 is 0. The summed E-state index contributed by atoms with van der Waals surface area (Å²) in [5.41, 5.74) is 6.76. The number of allylic oxidation sites excluding steroid dienone is 2. The molecule has 0 aliphatic rings. The third-order valence-electron chi connectivity index (χ3n) is 5.83. The highest BCUT2D eigenvalue weighted by Gasteiger charge is 2.00. The molecule has 0 saturated carbocycles. The number of ether oxygens (including phenoxy) is 1. The predicted octanol–water partition coefficient (Wildman–Crippen LogP) is 8.07. The van der Waals surface area contributed by atoms with Gasteiger partial charge in [0, 0.05) is 0 Å². The second-order valence-electron chi connectivity index (χ2n) is 8.43. The fraction of sp³-hybridized carbons (Fsp3) is 0.290. The van der Waals surface area contributed by atoms with Crippen LogP contribution in [0.2, 0.25) is 0 Å². The summed E-state index contributed by atoms with van der Waals surface area (Å²) in [5, 5.41) is 0. The van der Waals surface area contributed by atoms with Crippen LogP contribution < -0.4 is 4.74 Å². The number of rotatable bonds is 14. The van der Waals surface area contributed by atoms with E-state index in [9.17, 15) is 0 Å². The third kappa shape index (κ3) is 8.23. The zero-order valence-corrected chi connectivity index (χ0v) is 19.3. The van der Waals surface area contributed by atoms with Crippen molar-refractivity contribution in [3.05, 3.63) is 126 Å². The summed E-state index contributed by atoms with van der Waals surface area (Å²) in [6.45, 7) is 8.18. The molecule has 3 rings (SSSR count). The molecule has 0 aromatic heterocycles. The Morgan fingerprint density at radius 3 is 1.31 bits per heavy atom. The first-order chi connectivity index (χ1) is 15.8. The SMILES string of the molecule is C=CCCc1ccc(CCCCc2ccc(OCc3ccc(CCC=C)cc3)cc2)cc1. The van der Waals surface area contributed by atoms with E-state index < -0.39 is 0 Å². The normalized spacial score (nSPS) is 10.6. The molecule has 0 aliphatic heterocycles. The van der Waals surface area contributed by atoms with Gasteiger partial charge in [0.2, 0.25) is 0 Å². The van der Waals surface area contributed by atoms with Crippen LogP contribution in [-0.2, 0) is 32.3 Å². The van der Waals surface area contributed by atoms with Gasteiger partial charge in [0.15, 0.2) is 0 Å². The Hall–Kier alpha value is -3.06. The number of aryl methyl sites for hydroxylation is 4. The van der Waals surface area contributed by atoms with Gasteiger partial charge in [0.05, 0.1) is 0 Å². The Bertz CT molecular complexity index is 933. The molecule has 32 heavy (non-hydrogen) atoms. The molecule has 1 nitrogen and oxygen atoms in total. The van der Waals surface area contributed by atoms with Crippen molar-refractivity contribution in [2.24, 2.45) is 0 Å². The molecule has 1 heteroatoms. The monoisotopic (exact) mass is 424 g/mol. The Morgan fingerprint density at radius 1 is 0.500 bits per heavy atom. The molecule has 0 fully saturated rings. The van der Waals surface area contributed by atoms with Crippen LogP contribution in [0.15, 0.2) is 98.1 Å². The summed E-state index contributed by atoms with van der Waals surface area (Å²) < 4.78 is 5.96. The number of benzene rings is 3. The molecular formula is C31H36O. The fourth-order valence-electron chi connectivity index (χ4n) is 3.79. The summed E-state index contributed by atoms with van der Waals surface area (Å²) in [4.78, 5) is 0. The summed E-state index contributed by atoms with van der Waals surface area (Å²) in [6, 6.07) is 26.3. The Balaban J connectivity index is 1.35. The van der Waals surface area contributed by atoms with E-state index in [2.05, 4.69) is 86.0 Å². The first kappa shape index (κ1) is 23.6. The standard InChI is InChI=1S/C31H36O/c1-3-5-9-26-13-15-28(16-14-26)11-7-8-12-29-21-23-31(24-22-29)32-25-30-19-17-27(18-20-30)10-6-4-2/h3-4,13-24H,1-2,5-12,25H2. The topological polar surface area (TPSA) is 9.23 Å². The van der Waals surface area contributed by atoms with E-state index in [-0.39, 0.29) is 0 Å². The second kappa shape index (κ2) is 13.4. The van der Waals surface area contributed by atoms with E-state index in [4.69, 9.17) is 4.74 Å². The van der Waals surface area contributed by atoms with Crippen molar-refractivity contribution in [1.82, 2.24) is 0 Å². The van der Waals surface area contributed by atoms with E-state index in [0.717, 1.165) is 44.3 Å². The lowest BCUT2D eigenvalue weighted by molar-refractivity contribution is 0.306. The third-order valence-corrected chi connectivity index (χ3v) is 5.83. The first-order valence-corrected chi connectivity index (χ1v) is 11.9. The molecular weight excluding hydrogens is 388 g/mol. The predicted molar refractivity (Wildman–Crippen MR) is 137 cm³/mol. The highest BCUT2D eigenvalue weighted by Crippen LogP contribution is 2.17. The molecule has 166 valence electrons. The van der Waals surface area contributed by atoms with Crippen LogP contribution in [0.4, 0.5) is 0 Å². The molecule has 3 aromatic rings. The maximum absolute atomic E-state index is 5.96. The number of hydrogen-bond acceptors (Lipinski definition) is 1. The van der Waals surface area contributed by atoms with Crippen LogP contribution in [0.1, 0.15) is 53.5 Å². The van der Waals surface area contributed by atoms with E-state index in [0.29, 0.717) is 6.61 Å². The van der Waals surface area contributed by atoms with E-state index in [1.54, 1.807) is 0 Å². The quantitative estimate of drug-likeness (QED) is 0.188. The molecule has 0 N–H and O–H groups in total. The zero-order chi connectivity index (χ0) is 22.4. The van der Waals surface area contributed by atoms with Crippen molar-refractivity contribution in [3.63, 3.8) is 0 Å². The van der Waals surface area contributed by atoms with Gasteiger partial charge >= 0.3 is 0 Å². The van der Waals surface area contributed by atoms with Crippen LogP contribution in [0.5, 0.6) is 5.75 Å². The average Bonchev–Trinajstić information content (AvgIpc) is 2.85. The largest absolute Gasteiger partial charge is 0.489 e. The number of hydrogen-bond donors (Lipinski definition) is 0. The second-order valence-corrected chi connectivity index (χ2v) is 8.43. The minimum absolute atomic E-state index is 0.605. The molecule has 0 saturated heterocycles. The van der Waals surface area contributed by atoms with Crippen molar-refractivity contribution >= 4 is 0 Å². The zero-order valence-electron chi connectivity index (χ0n) is 19.3. The molecule has 0 radical (unpaired) electrons. The van der Waals surface area contributed by atoms with Crippen molar-refractivity contribution in [3.8, 4) is 5.75 Å². The van der Waals surface area contributed by atoms with Crippen molar-refractivity contribution in [2.45, 2.75) is 58.0 Å². The Labute approximate surface area is 194 Å². The number of unbranched alkanes of at least 4 members (excludes halogenated alkanes) is 1. The molecule has 0 aliphatic carbocycles. The minimum Gasteiger partial charge on any atom is -0.489 e. The van der Waals surface area contributed by atoms with E-state index >= 15 is 0 Å². The Morgan fingerprint density at radius 2 is 0.875 bits per heavy atom. The van der Waals surface area contributed by atoms with Gasteiger partial charge in [-0.25, -0.2) is 0 Å². The summed E-state index contributed by atoms with van der Waals surface area (Å²) in [7, 11) is 0. The maximum atomic E-state index is 5.96. The Kier molecular flexibility index (Phi) is 9.86. The van der Waals surface area contributed by atoms with Gasteiger partial charge in [-0.2, -0.15) is 0 Å². The van der Waals surface area contributed by atoms with Gasteiger partial charge in [-0.15, -0.1) is 13.2 Å². The van der Waals surface area contributed by atoms with Gasteiger partial charge in [-0.3, -0.25) is 0 Å².